The molecule has 1 N–H and O–H groups in total. The van der Waals surface area contributed by atoms with E-state index in [1.165, 1.54) is 11.1 Å². The summed E-state index contributed by atoms with van der Waals surface area (Å²) >= 11 is 0. The Bertz CT molecular complexity index is 463. The van der Waals surface area contributed by atoms with E-state index in [-0.39, 0.29) is 17.6 Å². The van der Waals surface area contributed by atoms with E-state index in [0.717, 1.165) is 6.42 Å². The quantitative estimate of drug-likeness (QED) is 0.894. The lowest BCUT2D eigenvalue weighted by atomic mass is 9.86. The maximum Gasteiger partial charge on any atom is 0.407 e. The summed E-state index contributed by atoms with van der Waals surface area (Å²) in [5.74, 6) is 0. The van der Waals surface area contributed by atoms with Gasteiger partial charge >= 0.3 is 6.09 Å². The highest BCUT2D eigenvalue weighted by atomic mass is 16.6. The van der Waals surface area contributed by atoms with Crippen LogP contribution in [-0.4, -0.2) is 17.7 Å². The molecule has 1 rings (SSSR count). The molecule has 1 atom stereocenters. The zero-order valence-electron chi connectivity index (χ0n) is 14.4. The van der Waals surface area contributed by atoms with Crippen molar-refractivity contribution in [2.45, 2.75) is 71.9 Å². The minimum absolute atomic E-state index is 0.0420. The monoisotopic (exact) mass is 291 g/mol. The van der Waals surface area contributed by atoms with Crippen molar-refractivity contribution in [2.24, 2.45) is 0 Å². The van der Waals surface area contributed by atoms with Gasteiger partial charge in [-0.05, 0) is 50.7 Å². The van der Waals surface area contributed by atoms with Crippen LogP contribution >= 0.6 is 0 Å². The highest BCUT2D eigenvalue weighted by molar-refractivity contribution is 5.68. The van der Waals surface area contributed by atoms with Gasteiger partial charge in [0.1, 0.15) is 5.60 Å². The van der Waals surface area contributed by atoms with Crippen LogP contribution in [0.3, 0.4) is 0 Å². The molecule has 118 valence electrons. The second-order valence-corrected chi connectivity index (χ2v) is 7.70. The minimum Gasteiger partial charge on any atom is -0.444 e. The summed E-state index contributed by atoms with van der Waals surface area (Å²) < 4.78 is 5.26. The zero-order valence-corrected chi connectivity index (χ0v) is 14.4. The van der Waals surface area contributed by atoms with Crippen LogP contribution in [0.5, 0.6) is 0 Å². The van der Waals surface area contributed by atoms with Gasteiger partial charge in [0.05, 0.1) is 0 Å². The standard InChI is InChI=1S/C18H29NO2/c1-13(19-16(20)21-18(5,6)7)12-14-8-10-15(11-9-14)17(2,3)4/h8-11,13H,12H2,1-7H3,(H,19,20)/t13-/m1/s1. The lowest BCUT2D eigenvalue weighted by molar-refractivity contribution is 0.0508. The van der Waals surface area contributed by atoms with Gasteiger partial charge in [-0.2, -0.15) is 0 Å². The molecular formula is C18H29NO2. The smallest absolute Gasteiger partial charge is 0.407 e. The lowest BCUT2D eigenvalue weighted by Gasteiger charge is -2.22. The Morgan fingerprint density at radius 3 is 2.05 bits per heavy atom. The summed E-state index contributed by atoms with van der Waals surface area (Å²) in [6, 6.07) is 8.63. The molecule has 0 heterocycles. The predicted octanol–water partition coefficient (Wildman–Crippen LogP) is 4.44. The first-order valence-corrected chi connectivity index (χ1v) is 7.56. The molecular weight excluding hydrogens is 262 g/mol. The number of nitrogens with one attached hydrogen (secondary N) is 1. The normalized spacial score (nSPS) is 13.7. The predicted molar refractivity (Wildman–Crippen MR) is 87.7 cm³/mol. The molecule has 0 aromatic heterocycles. The number of carbonyl (C=O) groups is 1. The fourth-order valence-corrected chi connectivity index (χ4v) is 2.05. The van der Waals surface area contributed by atoms with Gasteiger partial charge in [0.15, 0.2) is 0 Å². The van der Waals surface area contributed by atoms with Crippen molar-refractivity contribution in [3.63, 3.8) is 0 Å². The molecule has 3 nitrogen and oxygen atoms in total. The molecule has 0 bridgehead atoms. The van der Waals surface area contributed by atoms with Crippen LogP contribution in [0.4, 0.5) is 4.79 Å². The Labute approximate surface area is 129 Å². The van der Waals surface area contributed by atoms with E-state index in [1.54, 1.807) is 0 Å². The van der Waals surface area contributed by atoms with Gasteiger partial charge in [0.25, 0.3) is 0 Å². The van der Waals surface area contributed by atoms with E-state index in [4.69, 9.17) is 4.74 Å². The third kappa shape index (κ3) is 6.65. The molecule has 3 heteroatoms. The highest BCUT2D eigenvalue weighted by Crippen LogP contribution is 2.22. The van der Waals surface area contributed by atoms with E-state index in [0.29, 0.717) is 0 Å². The Balaban J connectivity index is 2.55. The number of hydrogen-bond acceptors (Lipinski definition) is 2. The molecule has 0 spiro atoms. The first-order valence-electron chi connectivity index (χ1n) is 7.56. The van der Waals surface area contributed by atoms with E-state index in [9.17, 15) is 4.79 Å². The first-order chi connectivity index (χ1) is 9.47. The molecule has 1 aromatic carbocycles. The second kappa shape index (κ2) is 6.50. The van der Waals surface area contributed by atoms with Crippen LogP contribution < -0.4 is 5.32 Å². The van der Waals surface area contributed by atoms with Crippen molar-refractivity contribution in [3.8, 4) is 0 Å². The van der Waals surface area contributed by atoms with Gasteiger partial charge in [-0.25, -0.2) is 4.79 Å². The summed E-state index contributed by atoms with van der Waals surface area (Å²) in [6.07, 6.45) is 0.435. The van der Waals surface area contributed by atoms with E-state index in [2.05, 4.69) is 50.4 Å². The molecule has 0 aliphatic rings. The van der Waals surface area contributed by atoms with Crippen molar-refractivity contribution in [1.82, 2.24) is 5.32 Å². The van der Waals surface area contributed by atoms with Gasteiger partial charge in [-0.15, -0.1) is 0 Å². The van der Waals surface area contributed by atoms with Crippen molar-refractivity contribution in [3.05, 3.63) is 35.4 Å². The van der Waals surface area contributed by atoms with Gasteiger partial charge < -0.3 is 10.1 Å². The molecule has 0 aliphatic heterocycles. The largest absolute Gasteiger partial charge is 0.444 e. The van der Waals surface area contributed by atoms with Crippen LogP contribution in [0.1, 0.15) is 59.6 Å². The van der Waals surface area contributed by atoms with E-state index >= 15 is 0 Å². The molecule has 0 saturated carbocycles. The molecule has 0 unspecified atom stereocenters. The summed E-state index contributed by atoms with van der Waals surface area (Å²) in [5.41, 5.74) is 2.24. The Morgan fingerprint density at radius 1 is 1.10 bits per heavy atom. The molecule has 0 radical (unpaired) electrons. The Morgan fingerprint density at radius 2 is 1.62 bits per heavy atom. The maximum absolute atomic E-state index is 11.7. The average Bonchev–Trinajstić information content (AvgIpc) is 2.25. The third-order valence-corrected chi connectivity index (χ3v) is 3.12. The Kier molecular flexibility index (Phi) is 5.43. The zero-order chi connectivity index (χ0) is 16.3. The summed E-state index contributed by atoms with van der Waals surface area (Å²) in [6.45, 7) is 14.2. The fraction of sp³-hybridized carbons (Fsp3) is 0.611. The maximum atomic E-state index is 11.7. The molecule has 0 fully saturated rings. The van der Waals surface area contributed by atoms with Gasteiger partial charge in [0.2, 0.25) is 0 Å². The van der Waals surface area contributed by atoms with Crippen LogP contribution in [-0.2, 0) is 16.6 Å². The lowest BCUT2D eigenvalue weighted by Crippen LogP contribution is -2.38. The van der Waals surface area contributed by atoms with Crippen molar-refractivity contribution >= 4 is 6.09 Å². The van der Waals surface area contributed by atoms with Crippen LogP contribution in [0, 0.1) is 0 Å². The molecule has 21 heavy (non-hydrogen) atoms. The molecule has 1 aromatic rings. The summed E-state index contributed by atoms with van der Waals surface area (Å²) in [7, 11) is 0. The number of alkyl carbamates (subject to hydrolysis) is 1. The number of benzene rings is 1. The van der Waals surface area contributed by atoms with Crippen molar-refractivity contribution in [1.29, 1.82) is 0 Å². The van der Waals surface area contributed by atoms with Crippen LogP contribution in [0.15, 0.2) is 24.3 Å². The SMILES string of the molecule is C[C@H](Cc1ccc(C(C)(C)C)cc1)NC(=O)OC(C)(C)C. The number of amides is 1. The number of hydrogen-bond donors (Lipinski definition) is 1. The topological polar surface area (TPSA) is 38.3 Å². The summed E-state index contributed by atoms with van der Waals surface area (Å²) in [4.78, 5) is 11.7. The Hall–Kier alpha value is -1.51. The number of carbonyl (C=O) groups excluding carboxylic acids is 1. The first kappa shape index (κ1) is 17.5. The average molecular weight is 291 g/mol. The van der Waals surface area contributed by atoms with Crippen molar-refractivity contribution in [2.75, 3.05) is 0 Å². The van der Waals surface area contributed by atoms with Crippen molar-refractivity contribution < 1.29 is 9.53 Å². The fourth-order valence-electron chi connectivity index (χ4n) is 2.05. The van der Waals surface area contributed by atoms with Gasteiger partial charge in [0, 0.05) is 6.04 Å². The van der Waals surface area contributed by atoms with Crippen LogP contribution in [0.25, 0.3) is 0 Å². The highest BCUT2D eigenvalue weighted by Gasteiger charge is 2.18. The van der Waals surface area contributed by atoms with Gasteiger partial charge in [-0.1, -0.05) is 45.0 Å². The van der Waals surface area contributed by atoms with E-state index in [1.807, 2.05) is 27.7 Å². The van der Waals surface area contributed by atoms with Gasteiger partial charge in [-0.3, -0.25) is 0 Å². The number of rotatable bonds is 3. The molecule has 0 aliphatic carbocycles. The molecule has 1 amide bonds. The molecule has 0 saturated heterocycles. The third-order valence-electron chi connectivity index (χ3n) is 3.12. The number of ether oxygens (including phenoxy) is 1. The second-order valence-electron chi connectivity index (χ2n) is 7.70. The van der Waals surface area contributed by atoms with Crippen LogP contribution in [0.2, 0.25) is 0 Å². The summed E-state index contributed by atoms with van der Waals surface area (Å²) in [5, 5.41) is 2.87. The minimum atomic E-state index is -0.460. The van der Waals surface area contributed by atoms with E-state index < -0.39 is 5.60 Å².